The van der Waals surface area contributed by atoms with Crippen molar-refractivity contribution in [2.24, 2.45) is 24.6 Å². The number of likely N-dealkylation sites (tertiary alicyclic amines) is 1. The van der Waals surface area contributed by atoms with Gasteiger partial charge < -0.3 is 10.6 Å². The van der Waals surface area contributed by atoms with E-state index < -0.39 is 0 Å². The van der Waals surface area contributed by atoms with Crippen molar-refractivity contribution in [1.29, 1.82) is 0 Å². The van der Waals surface area contributed by atoms with Crippen molar-refractivity contribution < 1.29 is 4.79 Å². The van der Waals surface area contributed by atoms with Crippen molar-refractivity contribution in [1.82, 2.24) is 14.7 Å². The van der Waals surface area contributed by atoms with Gasteiger partial charge >= 0.3 is 0 Å². The molecule has 5 nitrogen and oxygen atoms in total. The van der Waals surface area contributed by atoms with E-state index in [1.807, 2.05) is 7.05 Å². The number of primary amides is 1. The van der Waals surface area contributed by atoms with E-state index in [-0.39, 0.29) is 5.91 Å². The fourth-order valence-electron chi connectivity index (χ4n) is 4.48. The van der Waals surface area contributed by atoms with Crippen molar-refractivity contribution in [2.45, 2.75) is 52.4 Å². The van der Waals surface area contributed by atoms with Crippen molar-refractivity contribution in [3.05, 3.63) is 52.8 Å². The van der Waals surface area contributed by atoms with Crippen LogP contribution < -0.4 is 5.73 Å². The average Bonchev–Trinajstić information content (AvgIpc) is 3.04. The molecule has 1 aliphatic rings. The van der Waals surface area contributed by atoms with Gasteiger partial charge in [0.1, 0.15) is 0 Å². The van der Waals surface area contributed by atoms with E-state index in [0.717, 1.165) is 51.0 Å². The van der Waals surface area contributed by atoms with Crippen LogP contribution in [-0.2, 0) is 19.9 Å². The normalized spacial score (nSPS) is 17.0. The first-order valence-electron chi connectivity index (χ1n) is 10.9. The van der Waals surface area contributed by atoms with Gasteiger partial charge in [-0.1, -0.05) is 45.0 Å². The third-order valence-corrected chi connectivity index (χ3v) is 6.16. The SMILES string of the molecule is CC(C)c1ccc(C[C@H](C)CN2CCC(Cc3nn(C)cc3C(N)=O)CC2)cc1. The lowest BCUT2D eigenvalue weighted by atomic mass is 9.90. The number of piperidine rings is 1. The molecule has 2 heterocycles. The molecule has 1 aliphatic heterocycles. The van der Waals surface area contributed by atoms with Gasteiger partial charge in [0, 0.05) is 19.8 Å². The van der Waals surface area contributed by atoms with E-state index in [1.165, 1.54) is 11.1 Å². The fraction of sp³-hybridized carbons (Fsp3) is 0.583. The van der Waals surface area contributed by atoms with Crippen LogP contribution in [-0.4, -0.2) is 40.2 Å². The third-order valence-electron chi connectivity index (χ3n) is 6.16. The highest BCUT2D eigenvalue weighted by Gasteiger charge is 2.23. The summed E-state index contributed by atoms with van der Waals surface area (Å²) in [7, 11) is 1.84. The Bertz CT molecular complexity index is 801. The number of carbonyl (C=O) groups is 1. The van der Waals surface area contributed by atoms with E-state index in [0.29, 0.717) is 23.3 Å². The topological polar surface area (TPSA) is 64.2 Å². The first-order chi connectivity index (χ1) is 13.8. The Labute approximate surface area is 175 Å². The number of aryl methyl sites for hydroxylation is 1. The van der Waals surface area contributed by atoms with E-state index in [1.54, 1.807) is 10.9 Å². The van der Waals surface area contributed by atoms with Gasteiger partial charge in [0.05, 0.1) is 11.3 Å². The van der Waals surface area contributed by atoms with E-state index in [2.05, 4.69) is 55.0 Å². The van der Waals surface area contributed by atoms with Gasteiger partial charge in [-0.3, -0.25) is 9.48 Å². The number of nitrogens with zero attached hydrogens (tertiary/aromatic N) is 3. The van der Waals surface area contributed by atoms with Gasteiger partial charge in [-0.2, -0.15) is 5.10 Å². The molecule has 29 heavy (non-hydrogen) atoms. The first-order valence-corrected chi connectivity index (χ1v) is 10.9. The van der Waals surface area contributed by atoms with Crippen LogP contribution in [0.5, 0.6) is 0 Å². The Kier molecular flexibility index (Phi) is 7.12. The highest BCUT2D eigenvalue weighted by Crippen LogP contribution is 2.24. The molecule has 0 aliphatic carbocycles. The van der Waals surface area contributed by atoms with Crippen molar-refractivity contribution in [3.63, 3.8) is 0 Å². The maximum atomic E-state index is 11.6. The molecule has 1 saturated heterocycles. The highest BCUT2D eigenvalue weighted by atomic mass is 16.1. The van der Waals surface area contributed by atoms with Crippen molar-refractivity contribution >= 4 is 5.91 Å². The average molecular weight is 397 g/mol. The molecule has 0 unspecified atom stereocenters. The second-order valence-corrected chi connectivity index (χ2v) is 9.18. The van der Waals surface area contributed by atoms with Crippen LogP contribution in [0.25, 0.3) is 0 Å². The number of amides is 1. The molecule has 2 N–H and O–H groups in total. The second-order valence-electron chi connectivity index (χ2n) is 9.18. The molecule has 0 spiro atoms. The van der Waals surface area contributed by atoms with Crippen LogP contribution in [0.2, 0.25) is 0 Å². The van der Waals surface area contributed by atoms with Gasteiger partial charge in [-0.25, -0.2) is 0 Å². The van der Waals surface area contributed by atoms with Gasteiger partial charge in [-0.15, -0.1) is 0 Å². The molecule has 0 radical (unpaired) electrons. The van der Waals surface area contributed by atoms with Gasteiger partial charge in [0.2, 0.25) is 0 Å². The lowest BCUT2D eigenvalue weighted by Crippen LogP contribution is -2.37. The Morgan fingerprint density at radius 1 is 1.17 bits per heavy atom. The number of hydrogen-bond acceptors (Lipinski definition) is 3. The van der Waals surface area contributed by atoms with Crippen LogP contribution in [0.15, 0.2) is 30.5 Å². The Balaban J connectivity index is 1.45. The Morgan fingerprint density at radius 3 is 2.41 bits per heavy atom. The quantitative estimate of drug-likeness (QED) is 0.739. The number of carbonyl (C=O) groups excluding carboxylic acids is 1. The van der Waals surface area contributed by atoms with Gasteiger partial charge in [0.25, 0.3) is 5.91 Å². The summed E-state index contributed by atoms with van der Waals surface area (Å²) in [5, 5.41) is 4.46. The third kappa shape index (κ3) is 5.92. The molecule has 1 amide bonds. The summed E-state index contributed by atoms with van der Waals surface area (Å²) in [5.41, 5.74) is 9.78. The van der Waals surface area contributed by atoms with Gasteiger partial charge in [0.15, 0.2) is 0 Å². The maximum Gasteiger partial charge on any atom is 0.252 e. The zero-order valence-corrected chi connectivity index (χ0v) is 18.4. The first kappa shape index (κ1) is 21.6. The van der Waals surface area contributed by atoms with Crippen LogP contribution in [0.3, 0.4) is 0 Å². The summed E-state index contributed by atoms with van der Waals surface area (Å²) in [4.78, 5) is 14.2. The number of rotatable bonds is 8. The van der Waals surface area contributed by atoms with Crippen LogP contribution in [0.1, 0.15) is 66.7 Å². The molecule has 1 aromatic heterocycles. The molecular weight excluding hydrogens is 360 g/mol. The zero-order valence-electron chi connectivity index (χ0n) is 18.4. The smallest absolute Gasteiger partial charge is 0.252 e. The van der Waals surface area contributed by atoms with Gasteiger partial charge in [-0.05, 0) is 67.7 Å². The highest BCUT2D eigenvalue weighted by molar-refractivity contribution is 5.93. The Morgan fingerprint density at radius 2 is 1.83 bits per heavy atom. The molecule has 2 aromatic rings. The number of benzene rings is 1. The van der Waals surface area contributed by atoms with Crippen molar-refractivity contribution in [2.75, 3.05) is 19.6 Å². The zero-order chi connectivity index (χ0) is 21.0. The largest absolute Gasteiger partial charge is 0.365 e. The minimum absolute atomic E-state index is 0.374. The molecule has 0 bridgehead atoms. The molecule has 1 aromatic carbocycles. The number of nitrogens with two attached hydrogens (primary N) is 1. The molecule has 0 saturated carbocycles. The number of hydrogen-bond donors (Lipinski definition) is 1. The molecule has 1 fully saturated rings. The van der Waals surface area contributed by atoms with Crippen molar-refractivity contribution in [3.8, 4) is 0 Å². The lowest BCUT2D eigenvalue weighted by molar-refractivity contribution is 0.0998. The summed E-state index contributed by atoms with van der Waals surface area (Å²) >= 11 is 0. The predicted octanol–water partition coefficient (Wildman–Crippen LogP) is 3.78. The summed E-state index contributed by atoms with van der Waals surface area (Å²) < 4.78 is 1.69. The summed E-state index contributed by atoms with van der Waals surface area (Å²) in [6, 6.07) is 9.13. The lowest BCUT2D eigenvalue weighted by Gasteiger charge is -2.33. The summed E-state index contributed by atoms with van der Waals surface area (Å²) in [6.07, 6.45) is 6.04. The van der Waals surface area contributed by atoms with E-state index >= 15 is 0 Å². The van der Waals surface area contributed by atoms with Crippen LogP contribution >= 0.6 is 0 Å². The van der Waals surface area contributed by atoms with E-state index in [4.69, 9.17) is 5.73 Å². The minimum Gasteiger partial charge on any atom is -0.365 e. The molecule has 158 valence electrons. The molecule has 5 heteroatoms. The monoisotopic (exact) mass is 396 g/mol. The van der Waals surface area contributed by atoms with Crippen LogP contribution in [0.4, 0.5) is 0 Å². The number of aromatic nitrogens is 2. The van der Waals surface area contributed by atoms with Crippen LogP contribution in [0, 0.1) is 11.8 Å². The molecule has 1 atom stereocenters. The predicted molar refractivity (Wildman–Crippen MR) is 118 cm³/mol. The fourth-order valence-corrected chi connectivity index (χ4v) is 4.48. The molecule has 3 rings (SSSR count). The standard InChI is InChI=1S/C24H36N4O/c1-17(2)21-7-5-19(6-8-21)13-18(3)15-28-11-9-20(10-12-28)14-23-22(24(25)29)16-27(4)26-23/h5-8,16-18,20H,9-15H2,1-4H3,(H2,25,29)/t18-/m0/s1. The Hall–Kier alpha value is -2.14. The molecular formula is C24H36N4O. The van der Waals surface area contributed by atoms with E-state index in [9.17, 15) is 4.79 Å². The second kappa shape index (κ2) is 9.57. The summed E-state index contributed by atoms with van der Waals surface area (Å²) in [6.45, 7) is 10.2. The summed E-state index contributed by atoms with van der Waals surface area (Å²) in [5.74, 6) is 1.44. The maximum absolute atomic E-state index is 11.6. The minimum atomic E-state index is -0.374.